The van der Waals surface area contributed by atoms with Crippen LogP contribution in [0.15, 0.2) is 60.9 Å². The van der Waals surface area contributed by atoms with Gasteiger partial charge < -0.3 is 14.8 Å². The van der Waals surface area contributed by atoms with Gasteiger partial charge in [-0.25, -0.2) is 4.68 Å². The second-order valence-electron chi connectivity index (χ2n) is 5.68. The Hall–Kier alpha value is -3.28. The molecule has 3 aromatic rings. The van der Waals surface area contributed by atoms with Gasteiger partial charge in [0, 0.05) is 5.70 Å². The molecule has 0 fully saturated rings. The number of methoxy groups -OCH3 is 2. The van der Waals surface area contributed by atoms with Crippen molar-refractivity contribution in [1.82, 2.24) is 14.8 Å². The Balaban J connectivity index is 1.74. The number of aromatic nitrogens is 3. The van der Waals surface area contributed by atoms with Gasteiger partial charge >= 0.3 is 0 Å². The molecule has 2 aromatic carbocycles. The molecular weight excluding hydrogens is 316 g/mol. The molecule has 0 spiro atoms. The van der Waals surface area contributed by atoms with Crippen LogP contribution in [0.2, 0.25) is 0 Å². The van der Waals surface area contributed by atoms with E-state index in [4.69, 9.17) is 9.47 Å². The highest BCUT2D eigenvalue weighted by atomic mass is 16.5. The summed E-state index contributed by atoms with van der Waals surface area (Å²) in [6, 6.07) is 15.9. The van der Waals surface area contributed by atoms with E-state index >= 15 is 0 Å². The predicted octanol–water partition coefficient (Wildman–Crippen LogP) is 3.35. The maximum Gasteiger partial charge on any atom is 0.226 e. The van der Waals surface area contributed by atoms with Crippen LogP contribution in [0, 0.1) is 0 Å². The zero-order valence-corrected chi connectivity index (χ0v) is 14.0. The highest BCUT2D eigenvalue weighted by molar-refractivity contribution is 5.77. The number of ether oxygens (including phenoxy) is 2. The van der Waals surface area contributed by atoms with Gasteiger partial charge in [-0.2, -0.15) is 10.1 Å². The fourth-order valence-corrected chi connectivity index (χ4v) is 2.91. The molecule has 0 radical (unpaired) electrons. The topological polar surface area (TPSA) is 61.2 Å². The molecule has 1 aliphatic rings. The summed E-state index contributed by atoms with van der Waals surface area (Å²) in [5, 5.41) is 7.70. The van der Waals surface area contributed by atoms with E-state index in [1.165, 1.54) is 0 Å². The van der Waals surface area contributed by atoms with Gasteiger partial charge in [0.15, 0.2) is 0 Å². The molecule has 0 saturated carbocycles. The Morgan fingerprint density at radius 1 is 0.920 bits per heavy atom. The quantitative estimate of drug-likeness (QED) is 0.793. The number of hydrogen-bond donors (Lipinski definition) is 1. The second kappa shape index (κ2) is 6.32. The zero-order chi connectivity index (χ0) is 17.2. The van der Waals surface area contributed by atoms with E-state index in [1.54, 1.807) is 20.5 Å². The lowest BCUT2D eigenvalue weighted by Crippen LogP contribution is -2.20. The summed E-state index contributed by atoms with van der Waals surface area (Å²) in [4.78, 5) is 4.33. The summed E-state index contributed by atoms with van der Waals surface area (Å²) in [7, 11) is 3.33. The molecule has 2 heterocycles. The Kier molecular flexibility index (Phi) is 3.85. The highest BCUT2D eigenvalue weighted by Gasteiger charge is 2.23. The van der Waals surface area contributed by atoms with Gasteiger partial charge in [0.05, 0.1) is 14.2 Å². The zero-order valence-electron chi connectivity index (χ0n) is 14.0. The van der Waals surface area contributed by atoms with Crippen LogP contribution < -0.4 is 14.8 Å². The summed E-state index contributed by atoms with van der Waals surface area (Å²) in [5.41, 5.74) is 3.16. The summed E-state index contributed by atoms with van der Waals surface area (Å²) in [6.07, 6.45) is 3.70. The van der Waals surface area contributed by atoms with Crippen molar-refractivity contribution >= 4 is 11.6 Å². The first kappa shape index (κ1) is 15.3. The molecule has 0 unspecified atom stereocenters. The third kappa shape index (κ3) is 2.82. The van der Waals surface area contributed by atoms with Crippen molar-refractivity contribution in [2.45, 2.75) is 6.04 Å². The highest BCUT2D eigenvalue weighted by Crippen LogP contribution is 2.32. The SMILES string of the molecule is COc1ccc(C2=C[C@H](c3ccc(OC)cc3)n3ncnc3N2)cc1. The summed E-state index contributed by atoms with van der Waals surface area (Å²) < 4.78 is 12.4. The van der Waals surface area contributed by atoms with Gasteiger partial charge in [-0.05, 0) is 53.6 Å². The smallest absolute Gasteiger partial charge is 0.226 e. The third-order valence-electron chi connectivity index (χ3n) is 4.27. The normalized spacial score (nSPS) is 15.8. The maximum atomic E-state index is 5.25. The minimum Gasteiger partial charge on any atom is -0.497 e. The van der Waals surface area contributed by atoms with Crippen LogP contribution in [-0.2, 0) is 0 Å². The van der Waals surface area contributed by atoms with Crippen LogP contribution >= 0.6 is 0 Å². The van der Waals surface area contributed by atoms with Crippen molar-refractivity contribution in [2.75, 3.05) is 19.5 Å². The van der Waals surface area contributed by atoms with Crippen molar-refractivity contribution in [3.05, 3.63) is 72.1 Å². The Morgan fingerprint density at radius 2 is 1.56 bits per heavy atom. The number of nitrogens with zero attached hydrogens (tertiary/aromatic N) is 3. The minimum absolute atomic E-state index is 0.0400. The first-order valence-electron chi connectivity index (χ1n) is 7.95. The average Bonchev–Trinajstić information content (AvgIpc) is 3.16. The lowest BCUT2D eigenvalue weighted by Gasteiger charge is -2.24. The van der Waals surface area contributed by atoms with E-state index < -0.39 is 0 Å². The number of rotatable bonds is 4. The van der Waals surface area contributed by atoms with Crippen molar-refractivity contribution in [3.63, 3.8) is 0 Å². The number of nitrogens with one attached hydrogen (secondary N) is 1. The Morgan fingerprint density at radius 3 is 2.20 bits per heavy atom. The largest absolute Gasteiger partial charge is 0.497 e. The lowest BCUT2D eigenvalue weighted by molar-refractivity contribution is 0.414. The van der Waals surface area contributed by atoms with Crippen LogP contribution in [0.3, 0.4) is 0 Å². The molecule has 1 N–H and O–H groups in total. The molecule has 0 bridgehead atoms. The van der Waals surface area contributed by atoms with E-state index in [1.807, 2.05) is 53.2 Å². The number of anilines is 1. The molecule has 25 heavy (non-hydrogen) atoms. The van der Waals surface area contributed by atoms with Gasteiger partial charge in [-0.15, -0.1) is 0 Å². The number of benzene rings is 2. The molecule has 0 aliphatic carbocycles. The fraction of sp³-hybridized carbons (Fsp3) is 0.158. The molecule has 6 nitrogen and oxygen atoms in total. The van der Waals surface area contributed by atoms with E-state index in [0.29, 0.717) is 5.95 Å². The fourth-order valence-electron chi connectivity index (χ4n) is 2.91. The maximum absolute atomic E-state index is 5.25. The standard InChI is InChI=1S/C19H18N4O2/c1-24-15-7-3-13(4-8-15)17-11-18(23-19(22-17)20-12-21-23)14-5-9-16(25-2)10-6-14/h3-12,18H,1-2H3,(H,20,21,22)/t18-/m1/s1. The van der Waals surface area contributed by atoms with E-state index in [0.717, 1.165) is 28.3 Å². The van der Waals surface area contributed by atoms with Crippen molar-refractivity contribution < 1.29 is 9.47 Å². The number of fused-ring (bicyclic) bond motifs is 1. The molecule has 1 aliphatic heterocycles. The predicted molar refractivity (Wildman–Crippen MR) is 95.7 cm³/mol. The molecule has 4 rings (SSSR count). The molecule has 1 aromatic heterocycles. The van der Waals surface area contributed by atoms with Crippen LogP contribution in [0.4, 0.5) is 5.95 Å². The molecule has 0 amide bonds. The van der Waals surface area contributed by atoms with E-state index in [2.05, 4.69) is 21.5 Å². The summed E-state index contributed by atoms with van der Waals surface area (Å²) >= 11 is 0. The van der Waals surface area contributed by atoms with Crippen LogP contribution in [0.5, 0.6) is 11.5 Å². The number of allylic oxidation sites excluding steroid dienone is 1. The molecule has 1 atom stereocenters. The summed E-state index contributed by atoms with van der Waals surface area (Å²) in [6.45, 7) is 0. The molecule has 0 saturated heterocycles. The summed E-state index contributed by atoms with van der Waals surface area (Å²) in [5.74, 6) is 2.38. The lowest BCUT2D eigenvalue weighted by atomic mass is 10.0. The minimum atomic E-state index is -0.0400. The average molecular weight is 334 g/mol. The van der Waals surface area contributed by atoms with Gasteiger partial charge in [-0.1, -0.05) is 12.1 Å². The second-order valence-corrected chi connectivity index (χ2v) is 5.68. The van der Waals surface area contributed by atoms with E-state index in [9.17, 15) is 0 Å². The number of hydrogen-bond acceptors (Lipinski definition) is 5. The van der Waals surface area contributed by atoms with Crippen molar-refractivity contribution in [3.8, 4) is 11.5 Å². The van der Waals surface area contributed by atoms with Crippen molar-refractivity contribution in [1.29, 1.82) is 0 Å². The van der Waals surface area contributed by atoms with Gasteiger partial charge in [0.2, 0.25) is 5.95 Å². The Bertz CT molecular complexity index is 898. The Labute approximate surface area is 145 Å². The third-order valence-corrected chi connectivity index (χ3v) is 4.27. The van der Waals surface area contributed by atoms with Gasteiger partial charge in [-0.3, -0.25) is 0 Å². The van der Waals surface area contributed by atoms with Crippen LogP contribution in [0.1, 0.15) is 17.2 Å². The first-order valence-corrected chi connectivity index (χ1v) is 7.95. The van der Waals surface area contributed by atoms with E-state index in [-0.39, 0.29) is 6.04 Å². The molecule has 6 heteroatoms. The molecular formula is C19H18N4O2. The van der Waals surface area contributed by atoms with Crippen LogP contribution in [-0.4, -0.2) is 29.0 Å². The van der Waals surface area contributed by atoms with Gasteiger partial charge in [0.25, 0.3) is 0 Å². The van der Waals surface area contributed by atoms with Gasteiger partial charge in [0.1, 0.15) is 23.9 Å². The van der Waals surface area contributed by atoms with Crippen LogP contribution in [0.25, 0.3) is 5.70 Å². The first-order chi connectivity index (χ1) is 12.3. The monoisotopic (exact) mass is 334 g/mol. The van der Waals surface area contributed by atoms with Crippen molar-refractivity contribution in [2.24, 2.45) is 0 Å². The molecule has 126 valence electrons.